The summed E-state index contributed by atoms with van der Waals surface area (Å²) in [6.07, 6.45) is 0. The van der Waals surface area contributed by atoms with Gasteiger partial charge in [0.1, 0.15) is 18.2 Å². The summed E-state index contributed by atoms with van der Waals surface area (Å²) in [7, 11) is 1.98. The Morgan fingerprint density at radius 2 is 1.14 bits per heavy atom. The smallest absolute Gasteiger partial charge is 0.384 e. The Bertz CT molecular complexity index is 1060. The van der Waals surface area contributed by atoms with E-state index in [9.17, 15) is 0 Å². The van der Waals surface area contributed by atoms with Gasteiger partial charge in [0, 0.05) is 10.8 Å². The Labute approximate surface area is 120 Å². The molecular formula is C18H12NO2+. The second-order valence-electron chi connectivity index (χ2n) is 5.34. The van der Waals surface area contributed by atoms with E-state index in [0.717, 1.165) is 44.1 Å². The highest BCUT2D eigenvalue weighted by Crippen LogP contribution is 2.33. The molecule has 3 aromatic heterocycles. The van der Waals surface area contributed by atoms with Crippen LogP contribution in [0, 0.1) is 0 Å². The summed E-state index contributed by atoms with van der Waals surface area (Å²) in [5.74, 6) is 0. The topological polar surface area (TPSA) is 30.2 Å². The average molecular weight is 274 g/mol. The van der Waals surface area contributed by atoms with Crippen molar-refractivity contribution in [3.63, 3.8) is 0 Å². The predicted octanol–water partition coefficient (Wildman–Crippen LogP) is 4.31. The normalized spacial score (nSPS) is 12.0. The van der Waals surface area contributed by atoms with E-state index in [-0.39, 0.29) is 0 Å². The van der Waals surface area contributed by atoms with Gasteiger partial charge >= 0.3 is 11.4 Å². The third-order valence-corrected chi connectivity index (χ3v) is 4.13. The summed E-state index contributed by atoms with van der Waals surface area (Å²) < 4.78 is 14.0. The maximum atomic E-state index is 5.99. The molecule has 3 heterocycles. The summed E-state index contributed by atoms with van der Waals surface area (Å²) in [4.78, 5) is 0. The van der Waals surface area contributed by atoms with Gasteiger partial charge in [0.05, 0.1) is 10.8 Å². The molecular weight excluding hydrogens is 262 g/mol. The molecule has 0 N–H and O–H groups in total. The molecule has 3 nitrogen and oxygen atoms in total. The molecule has 0 unspecified atom stereocenters. The lowest BCUT2D eigenvalue weighted by Crippen LogP contribution is -2.28. The number of hydrogen-bond donors (Lipinski definition) is 0. The van der Waals surface area contributed by atoms with Gasteiger partial charge in [0.2, 0.25) is 0 Å². The Hall–Kier alpha value is -2.81. The number of aromatic nitrogens is 1. The summed E-state index contributed by atoms with van der Waals surface area (Å²) in [5, 5.41) is 4.50. The largest absolute Gasteiger partial charge is 0.404 e. The molecule has 0 radical (unpaired) electrons. The first-order valence-electron chi connectivity index (χ1n) is 6.94. The fraction of sp³-hybridized carbons (Fsp3) is 0.0556. The molecule has 100 valence electrons. The molecule has 0 fully saturated rings. The summed E-state index contributed by atoms with van der Waals surface area (Å²) in [5.41, 5.74) is 3.48. The summed E-state index contributed by atoms with van der Waals surface area (Å²) in [6, 6.07) is 18.4. The molecule has 0 amide bonds. The number of para-hydroxylation sites is 2. The zero-order valence-corrected chi connectivity index (χ0v) is 11.5. The first-order valence-corrected chi connectivity index (χ1v) is 6.94. The van der Waals surface area contributed by atoms with Crippen LogP contribution in [0.25, 0.3) is 44.1 Å². The molecule has 0 saturated heterocycles. The van der Waals surface area contributed by atoms with E-state index in [4.69, 9.17) is 8.83 Å². The molecule has 0 saturated carbocycles. The van der Waals surface area contributed by atoms with Crippen LogP contribution in [0.1, 0.15) is 0 Å². The van der Waals surface area contributed by atoms with Crippen LogP contribution in [0.2, 0.25) is 0 Å². The Kier molecular flexibility index (Phi) is 1.89. The van der Waals surface area contributed by atoms with Gasteiger partial charge in [0.25, 0.3) is 0 Å². The molecule has 0 aliphatic heterocycles. The van der Waals surface area contributed by atoms with Gasteiger partial charge < -0.3 is 8.83 Å². The van der Waals surface area contributed by atoms with Gasteiger partial charge in [-0.1, -0.05) is 36.4 Å². The quantitative estimate of drug-likeness (QED) is 0.394. The minimum atomic E-state index is 0.836. The maximum Gasteiger partial charge on any atom is 0.384 e. The van der Waals surface area contributed by atoms with Crippen molar-refractivity contribution in [3.05, 3.63) is 54.6 Å². The first-order chi connectivity index (χ1) is 10.3. The summed E-state index contributed by atoms with van der Waals surface area (Å²) in [6.45, 7) is 0. The van der Waals surface area contributed by atoms with Gasteiger partial charge in [-0.3, -0.25) is 0 Å². The first kappa shape index (κ1) is 10.9. The average Bonchev–Trinajstić information content (AvgIpc) is 3.07. The lowest BCUT2D eigenvalue weighted by atomic mass is 10.1. The van der Waals surface area contributed by atoms with Crippen molar-refractivity contribution in [3.8, 4) is 0 Å². The van der Waals surface area contributed by atoms with Crippen molar-refractivity contribution < 1.29 is 13.4 Å². The van der Waals surface area contributed by atoms with Crippen LogP contribution in [-0.4, -0.2) is 0 Å². The molecule has 0 aliphatic rings. The van der Waals surface area contributed by atoms with Crippen LogP contribution in [0.15, 0.2) is 63.4 Å². The SMILES string of the molecule is C[n+]1c2oc3ccccc3c2cc2c3ccccc3oc21. The minimum Gasteiger partial charge on any atom is -0.404 e. The molecule has 2 aromatic carbocycles. The van der Waals surface area contributed by atoms with Crippen molar-refractivity contribution in [1.29, 1.82) is 0 Å². The number of hydrogen-bond acceptors (Lipinski definition) is 2. The molecule has 0 bridgehead atoms. The van der Waals surface area contributed by atoms with Gasteiger partial charge in [-0.2, -0.15) is 0 Å². The van der Waals surface area contributed by atoms with E-state index >= 15 is 0 Å². The van der Waals surface area contributed by atoms with E-state index in [0.29, 0.717) is 0 Å². The highest BCUT2D eigenvalue weighted by atomic mass is 16.4. The highest BCUT2D eigenvalue weighted by Gasteiger charge is 2.23. The van der Waals surface area contributed by atoms with Crippen molar-refractivity contribution >= 4 is 44.1 Å². The number of fused-ring (bicyclic) bond motifs is 6. The Morgan fingerprint density at radius 3 is 1.67 bits per heavy atom. The van der Waals surface area contributed by atoms with Crippen LogP contribution < -0.4 is 4.57 Å². The summed E-state index contributed by atoms with van der Waals surface area (Å²) >= 11 is 0. The van der Waals surface area contributed by atoms with E-state index < -0.39 is 0 Å². The van der Waals surface area contributed by atoms with Crippen molar-refractivity contribution in [2.75, 3.05) is 0 Å². The van der Waals surface area contributed by atoms with E-state index in [2.05, 4.69) is 18.2 Å². The number of nitrogens with zero attached hydrogens (tertiary/aromatic N) is 1. The van der Waals surface area contributed by atoms with E-state index in [1.165, 1.54) is 0 Å². The lowest BCUT2D eigenvalue weighted by Gasteiger charge is -1.90. The minimum absolute atomic E-state index is 0.836. The molecule has 5 rings (SSSR count). The number of rotatable bonds is 0. The molecule has 3 heteroatoms. The van der Waals surface area contributed by atoms with Crippen LogP contribution >= 0.6 is 0 Å². The monoisotopic (exact) mass is 274 g/mol. The molecule has 0 aliphatic carbocycles. The molecule has 0 atom stereocenters. The number of benzene rings is 2. The van der Waals surface area contributed by atoms with Gasteiger partial charge in [-0.25, -0.2) is 0 Å². The second kappa shape index (κ2) is 3.64. The predicted molar refractivity (Wildman–Crippen MR) is 82.2 cm³/mol. The van der Waals surface area contributed by atoms with Crippen LogP contribution in [-0.2, 0) is 7.05 Å². The van der Waals surface area contributed by atoms with Crippen LogP contribution in [0.4, 0.5) is 0 Å². The Morgan fingerprint density at radius 1 is 0.667 bits per heavy atom. The van der Waals surface area contributed by atoms with Crippen LogP contribution in [0.3, 0.4) is 0 Å². The fourth-order valence-corrected chi connectivity index (χ4v) is 3.12. The fourth-order valence-electron chi connectivity index (χ4n) is 3.12. The highest BCUT2D eigenvalue weighted by molar-refractivity contribution is 6.10. The van der Waals surface area contributed by atoms with Crippen LogP contribution in [0.5, 0.6) is 0 Å². The zero-order valence-electron chi connectivity index (χ0n) is 11.5. The molecule has 5 aromatic rings. The van der Waals surface area contributed by atoms with Gasteiger partial charge in [0.15, 0.2) is 0 Å². The third kappa shape index (κ3) is 1.30. The lowest BCUT2D eigenvalue weighted by molar-refractivity contribution is -0.631. The van der Waals surface area contributed by atoms with E-state index in [1.807, 2.05) is 48.0 Å². The molecule has 21 heavy (non-hydrogen) atoms. The van der Waals surface area contributed by atoms with Crippen molar-refractivity contribution in [2.24, 2.45) is 7.05 Å². The van der Waals surface area contributed by atoms with Gasteiger partial charge in [-0.05, 0) is 18.2 Å². The number of aryl methyl sites for hydroxylation is 1. The third-order valence-electron chi connectivity index (χ3n) is 4.13. The molecule has 0 spiro atoms. The zero-order chi connectivity index (χ0) is 14.0. The maximum absolute atomic E-state index is 5.99. The van der Waals surface area contributed by atoms with Crippen molar-refractivity contribution in [2.45, 2.75) is 0 Å². The Balaban J connectivity index is 2.11. The number of furan rings is 2. The number of pyridine rings is 1. The van der Waals surface area contributed by atoms with Crippen molar-refractivity contribution in [1.82, 2.24) is 0 Å². The van der Waals surface area contributed by atoms with E-state index in [1.54, 1.807) is 0 Å². The second-order valence-corrected chi connectivity index (χ2v) is 5.34. The van der Waals surface area contributed by atoms with Gasteiger partial charge in [-0.15, -0.1) is 4.57 Å². The standard InChI is InChI=1S/C18H12NO2/c1-19-17-13(11-6-2-4-8-15(11)20-17)10-14-12-7-3-5-9-16(12)21-18(14)19/h2-10H,1H3/q+1.